The van der Waals surface area contributed by atoms with E-state index in [1.54, 1.807) is 0 Å². The van der Waals surface area contributed by atoms with Crippen LogP contribution in [0.3, 0.4) is 0 Å². The normalized spacial score (nSPS) is 21.3. The average Bonchev–Trinajstić information content (AvgIpc) is 2.90. The first-order valence-electron chi connectivity index (χ1n) is 9.27. The summed E-state index contributed by atoms with van der Waals surface area (Å²) in [6.45, 7) is 10.3. The molecule has 3 nitrogen and oxygen atoms in total. The van der Waals surface area contributed by atoms with Crippen molar-refractivity contribution in [3.63, 3.8) is 0 Å². The standard InChI is InChI=1S/C22H26N2O/c1-21(2)11-12-22(3,4)18-14(21)9-10-16-20(18)25-17-8-6-7-15-19(17)24(16)13-23(15)5/h6-10H,11-13H2,1-5H3. The molecule has 3 heteroatoms. The van der Waals surface area contributed by atoms with E-state index >= 15 is 0 Å². The van der Waals surface area contributed by atoms with Crippen molar-refractivity contribution in [2.75, 3.05) is 23.5 Å². The fraction of sp³-hybridized carbons (Fsp3) is 0.455. The van der Waals surface area contributed by atoms with Gasteiger partial charge in [-0.1, -0.05) is 39.8 Å². The van der Waals surface area contributed by atoms with Gasteiger partial charge in [-0.3, -0.25) is 0 Å². The molecule has 0 fully saturated rings. The molecule has 2 aliphatic heterocycles. The lowest BCUT2D eigenvalue weighted by molar-refractivity contribution is 0.319. The Bertz CT molecular complexity index is 897. The van der Waals surface area contributed by atoms with Gasteiger partial charge in [0.1, 0.15) is 5.69 Å². The molecule has 2 aromatic rings. The highest BCUT2D eigenvalue weighted by Crippen LogP contribution is 2.59. The Morgan fingerprint density at radius 3 is 2.48 bits per heavy atom. The van der Waals surface area contributed by atoms with E-state index in [9.17, 15) is 0 Å². The van der Waals surface area contributed by atoms with Crippen LogP contribution in [0.4, 0.5) is 17.1 Å². The van der Waals surface area contributed by atoms with Crippen molar-refractivity contribution >= 4 is 17.1 Å². The summed E-state index contributed by atoms with van der Waals surface area (Å²) in [5, 5.41) is 0. The van der Waals surface area contributed by atoms with Crippen LogP contribution in [0, 0.1) is 0 Å². The zero-order chi connectivity index (χ0) is 17.6. The van der Waals surface area contributed by atoms with Gasteiger partial charge in [0.05, 0.1) is 18.0 Å². The van der Waals surface area contributed by atoms with Crippen LogP contribution in [0.15, 0.2) is 30.3 Å². The maximum Gasteiger partial charge on any atom is 0.155 e. The molecule has 0 amide bonds. The molecule has 25 heavy (non-hydrogen) atoms. The van der Waals surface area contributed by atoms with Crippen molar-refractivity contribution in [3.8, 4) is 11.5 Å². The van der Waals surface area contributed by atoms with Crippen LogP contribution in [0.5, 0.6) is 11.5 Å². The Morgan fingerprint density at radius 1 is 0.920 bits per heavy atom. The predicted molar refractivity (Wildman–Crippen MR) is 104 cm³/mol. The van der Waals surface area contributed by atoms with E-state index in [1.165, 1.54) is 41.0 Å². The fourth-order valence-electron chi connectivity index (χ4n) is 4.85. The highest BCUT2D eigenvalue weighted by atomic mass is 16.5. The third-order valence-electron chi connectivity index (χ3n) is 6.43. The number of hydrogen-bond acceptors (Lipinski definition) is 3. The molecule has 0 saturated heterocycles. The minimum Gasteiger partial charge on any atom is -0.453 e. The summed E-state index contributed by atoms with van der Waals surface area (Å²) in [6, 6.07) is 11.0. The second-order valence-electron chi connectivity index (χ2n) is 9.10. The van der Waals surface area contributed by atoms with Crippen LogP contribution in [0.25, 0.3) is 0 Å². The summed E-state index contributed by atoms with van der Waals surface area (Å²) in [5.74, 6) is 2.07. The number of rotatable bonds is 0. The smallest absolute Gasteiger partial charge is 0.155 e. The first kappa shape index (κ1) is 15.1. The van der Waals surface area contributed by atoms with Gasteiger partial charge in [-0.2, -0.15) is 0 Å². The Balaban J connectivity index is 1.79. The van der Waals surface area contributed by atoms with Crippen molar-refractivity contribution in [2.24, 2.45) is 0 Å². The second kappa shape index (κ2) is 4.51. The molecule has 2 aromatic carbocycles. The molecule has 0 unspecified atom stereocenters. The number of nitrogens with zero attached hydrogens (tertiary/aromatic N) is 2. The van der Waals surface area contributed by atoms with Gasteiger partial charge in [-0.15, -0.1) is 0 Å². The lowest BCUT2D eigenvalue weighted by Crippen LogP contribution is -2.35. The topological polar surface area (TPSA) is 15.7 Å². The minimum atomic E-state index is 0.136. The van der Waals surface area contributed by atoms with Crippen LogP contribution >= 0.6 is 0 Å². The quantitative estimate of drug-likeness (QED) is 0.616. The van der Waals surface area contributed by atoms with Crippen molar-refractivity contribution < 1.29 is 4.74 Å². The molecule has 5 rings (SSSR count). The Kier molecular flexibility index (Phi) is 2.73. The van der Waals surface area contributed by atoms with Gasteiger partial charge in [-0.25, -0.2) is 0 Å². The summed E-state index contributed by atoms with van der Waals surface area (Å²) in [7, 11) is 2.15. The van der Waals surface area contributed by atoms with E-state index in [0.717, 1.165) is 18.2 Å². The van der Waals surface area contributed by atoms with Crippen LogP contribution < -0.4 is 14.5 Å². The number of para-hydroxylation sites is 1. The molecule has 0 radical (unpaired) electrons. The monoisotopic (exact) mass is 334 g/mol. The SMILES string of the molecule is CN1CN2c3ccc4c(c3Oc3cccc1c32)C(C)(C)CCC4(C)C. The summed E-state index contributed by atoms with van der Waals surface area (Å²) < 4.78 is 6.58. The van der Waals surface area contributed by atoms with E-state index < -0.39 is 0 Å². The molecular formula is C22H26N2O. The third-order valence-corrected chi connectivity index (χ3v) is 6.43. The van der Waals surface area contributed by atoms with Crippen molar-refractivity contribution in [2.45, 2.75) is 51.4 Å². The number of ether oxygens (including phenoxy) is 1. The van der Waals surface area contributed by atoms with Gasteiger partial charge in [0.25, 0.3) is 0 Å². The zero-order valence-electron chi connectivity index (χ0n) is 15.8. The fourth-order valence-corrected chi connectivity index (χ4v) is 4.85. The van der Waals surface area contributed by atoms with Crippen molar-refractivity contribution in [1.29, 1.82) is 0 Å². The Morgan fingerprint density at radius 2 is 1.68 bits per heavy atom. The third kappa shape index (κ3) is 1.87. The summed E-state index contributed by atoms with van der Waals surface area (Å²) in [4.78, 5) is 4.72. The van der Waals surface area contributed by atoms with Crippen molar-refractivity contribution in [1.82, 2.24) is 0 Å². The minimum absolute atomic E-state index is 0.136. The molecule has 0 N–H and O–H groups in total. The first-order chi connectivity index (χ1) is 11.8. The molecule has 0 aromatic heterocycles. The first-order valence-corrected chi connectivity index (χ1v) is 9.27. The predicted octanol–water partition coefficient (Wildman–Crippen LogP) is 5.69. The lowest BCUT2D eigenvalue weighted by Gasteiger charge is -2.44. The molecule has 2 heterocycles. The van der Waals surface area contributed by atoms with Gasteiger partial charge in [-0.05, 0) is 47.4 Å². The zero-order valence-corrected chi connectivity index (χ0v) is 15.8. The number of anilines is 3. The average molecular weight is 334 g/mol. The number of hydrogen-bond donors (Lipinski definition) is 0. The Labute approximate surface area is 150 Å². The molecular weight excluding hydrogens is 308 g/mol. The second-order valence-corrected chi connectivity index (χ2v) is 9.10. The van der Waals surface area contributed by atoms with E-state index in [1.807, 2.05) is 0 Å². The summed E-state index contributed by atoms with van der Waals surface area (Å²) >= 11 is 0. The molecule has 3 aliphatic rings. The van der Waals surface area contributed by atoms with E-state index in [-0.39, 0.29) is 10.8 Å². The lowest BCUT2D eigenvalue weighted by atomic mass is 9.62. The largest absolute Gasteiger partial charge is 0.453 e. The molecule has 0 spiro atoms. The van der Waals surface area contributed by atoms with Crippen LogP contribution in [0.1, 0.15) is 51.7 Å². The van der Waals surface area contributed by atoms with Gasteiger partial charge in [0.15, 0.2) is 11.5 Å². The molecule has 0 saturated carbocycles. The van der Waals surface area contributed by atoms with E-state index in [4.69, 9.17) is 4.74 Å². The molecule has 130 valence electrons. The molecule has 0 bridgehead atoms. The van der Waals surface area contributed by atoms with E-state index in [0.29, 0.717) is 0 Å². The van der Waals surface area contributed by atoms with Crippen LogP contribution in [0.2, 0.25) is 0 Å². The number of benzene rings is 2. The van der Waals surface area contributed by atoms with Crippen LogP contribution in [-0.2, 0) is 10.8 Å². The highest BCUT2D eigenvalue weighted by Gasteiger charge is 2.43. The summed E-state index contributed by atoms with van der Waals surface area (Å²) in [5.41, 5.74) is 6.88. The maximum absolute atomic E-state index is 6.58. The van der Waals surface area contributed by atoms with Gasteiger partial charge < -0.3 is 14.5 Å². The van der Waals surface area contributed by atoms with E-state index in [2.05, 4.69) is 74.9 Å². The number of fused-ring (bicyclic) bond motifs is 4. The van der Waals surface area contributed by atoms with Crippen LogP contribution in [-0.4, -0.2) is 13.7 Å². The molecule has 1 aliphatic carbocycles. The van der Waals surface area contributed by atoms with Crippen molar-refractivity contribution in [3.05, 3.63) is 41.5 Å². The van der Waals surface area contributed by atoms with Gasteiger partial charge >= 0.3 is 0 Å². The highest BCUT2D eigenvalue weighted by molar-refractivity contribution is 5.91. The molecule has 0 atom stereocenters. The maximum atomic E-state index is 6.58. The van der Waals surface area contributed by atoms with Gasteiger partial charge in [0, 0.05) is 12.6 Å². The summed E-state index contributed by atoms with van der Waals surface area (Å²) in [6.07, 6.45) is 2.42. The Hall–Kier alpha value is -2.16. The van der Waals surface area contributed by atoms with Gasteiger partial charge in [0.2, 0.25) is 0 Å².